The molecular weight excluding hydrogens is 276 g/mol. The summed E-state index contributed by atoms with van der Waals surface area (Å²) in [5.41, 5.74) is 2.77. The molecule has 3 aromatic rings. The molecule has 2 heterocycles. The highest BCUT2D eigenvalue weighted by atomic mass is 16.5. The number of hydrogen-bond donors (Lipinski definition) is 0. The van der Waals surface area contributed by atoms with E-state index in [1.54, 1.807) is 17.5 Å². The van der Waals surface area contributed by atoms with E-state index >= 15 is 0 Å². The van der Waals surface area contributed by atoms with Crippen molar-refractivity contribution < 1.29 is 9.53 Å². The molecular formula is C18H14N2O2. The Morgan fingerprint density at radius 2 is 1.95 bits per heavy atom. The highest BCUT2D eigenvalue weighted by Crippen LogP contribution is 2.09. The average Bonchev–Trinajstić information content (AvgIpc) is 2.97. The van der Waals surface area contributed by atoms with Crippen LogP contribution in [0.2, 0.25) is 0 Å². The normalized spacial score (nSPS) is 10.0. The minimum Gasteiger partial charge on any atom is -0.461 e. The third-order valence-corrected chi connectivity index (χ3v) is 3.07. The number of ether oxygens (including phenoxy) is 1. The summed E-state index contributed by atoms with van der Waals surface area (Å²) < 4.78 is 6.73. The molecule has 0 amide bonds. The van der Waals surface area contributed by atoms with Gasteiger partial charge in [0.05, 0.1) is 6.61 Å². The summed E-state index contributed by atoms with van der Waals surface area (Å²) in [5, 5.41) is 0. The minimum atomic E-state index is -0.414. The summed E-state index contributed by atoms with van der Waals surface area (Å²) in [7, 11) is 0. The third-order valence-electron chi connectivity index (χ3n) is 3.07. The molecule has 0 aliphatic heterocycles. The van der Waals surface area contributed by atoms with Crippen LogP contribution < -0.4 is 0 Å². The maximum atomic E-state index is 11.7. The zero-order chi connectivity index (χ0) is 15.4. The predicted molar refractivity (Wildman–Crippen MR) is 83.6 cm³/mol. The van der Waals surface area contributed by atoms with E-state index in [9.17, 15) is 4.79 Å². The Balaban J connectivity index is 1.90. The number of pyridine rings is 1. The summed E-state index contributed by atoms with van der Waals surface area (Å²) in [5.74, 6) is 5.78. The largest absolute Gasteiger partial charge is 0.461 e. The number of esters is 1. The van der Waals surface area contributed by atoms with Crippen molar-refractivity contribution >= 4 is 11.6 Å². The van der Waals surface area contributed by atoms with E-state index < -0.39 is 5.97 Å². The van der Waals surface area contributed by atoms with Gasteiger partial charge in [-0.1, -0.05) is 30.0 Å². The van der Waals surface area contributed by atoms with Gasteiger partial charge in [-0.2, -0.15) is 0 Å². The highest BCUT2D eigenvalue weighted by molar-refractivity contribution is 5.88. The topological polar surface area (TPSA) is 43.6 Å². The van der Waals surface area contributed by atoms with Crippen LogP contribution in [0.4, 0.5) is 0 Å². The summed E-state index contributed by atoms with van der Waals surface area (Å²) in [6, 6.07) is 13.5. The molecule has 108 valence electrons. The van der Waals surface area contributed by atoms with Crippen molar-refractivity contribution in [3.05, 3.63) is 71.7 Å². The Kier molecular flexibility index (Phi) is 3.88. The van der Waals surface area contributed by atoms with Gasteiger partial charge in [0.2, 0.25) is 0 Å². The monoisotopic (exact) mass is 290 g/mol. The Morgan fingerprint density at radius 3 is 2.73 bits per heavy atom. The molecule has 0 N–H and O–H groups in total. The molecule has 1 aromatic carbocycles. The van der Waals surface area contributed by atoms with E-state index in [0.717, 1.165) is 11.1 Å². The van der Waals surface area contributed by atoms with E-state index in [1.165, 1.54) is 0 Å². The van der Waals surface area contributed by atoms with Gasteiger partial charge in [-0.05, 0) is 31.2 Å². The Morgan fingerprint density at radius 1 is 1.18 bits per heavy atom. The number of nitrogens with zero attached hydrogens (tertiary/aromatic N) is 2. The summed E-state index contributed by atoms with van der Waals surface area (Å²) in [6.07, 6.45) is 3.49. The van der Waals surface area contributed by atoms with E-state index in [2.05, 4.69) is 16.8 Å². The van der Waals surface area contributed by atoms with Gasteiger partial charge in [-0.3, -0.25) is 0 Å². The van der Waals surface area contributed by atoms with Crippen molar-refractivity contribution in [1.82, 2.24) is 9.38 Å². The van der Waals surface area contributed by atoms with Gasteiger partial charge in [-0.15, -0.1) is 0 Å². The molecule has 2 aromatic heterocycles. The maximum Gasteiger partial charge on any atom is 0.358 e. The molecule has 0 radical (unpaired) electrons. The minimum absolute atomic E-state index is 0.301. The fourth-order valence-electron chi connectivity index (χ4n) is 2.03. The molecule has 4 heteroatoms. The van der Waals surface area contributed by atoms with Crippen LogP contribution in [-0.4, -0.2) is 22.0 Å². The first kappa shape index (κ1) is 13.9. The van der Waals surface area contributed by atoms with Crippen molar-refractivity contribution in [1.29, 1.82) is 0 Å². The molecule has 0 saturated carbocycles. The van der Waals surface area contributed by atoms with Crippen molar-refractivity contribution in [3.8, 4) is 11.8 Å². The first-order valence-electron chi connectivity index (χ1n) is 6.99. The smallest absolute Gasteiger partial charge is 0.358 e. The number of hydrogen-bond acceptors (Lipinski definition) is 3. The van der Waals surface area contributed by atoms with Crippen LogP contribution in [0.3, 0.4) is 0 Å². The second-order valence-corrected chi connectivity index (χ2v) is 4.64. The molecule has 0 aliphatic carbocycles. The molecule has 0 atom stereocenters. The first-order valence-corrected chi connectivity index (χ1v) is 6.99. The maximum absolute atomic E-state index is 11.7. The van der Waals surface area contributed by atoms with Gasteiger partial charge in [0, 0.05) is 23.5 Å². The average molecular weight is 290 g/mol. The highest BCUT2D eigenvalue weighted by Gasteiger charge is 2.11. The number of imidazole rings is 1. The predicted octanol–water partition coefficient (Wildman–Crippen LogP) is 2.91. The Hall–Kier alpha value is -3.06. The van der Waals surface area contributed by atoms with Crippen molar-refractivity contribution in [2.75, 3.05) is 6.61 Å². The van der Waals surface area contributed by atoms with E-state index in [0.29, 0.717) is 17.9 Å². The van der Waals surface area contributed by atoms with Gasteiger partial charge in [0.1, 0.15) is 5.65 Å². The van der Waals surface area contributed by atoms with Crippen LogP contribution in [0.15, 0.2) is 54.9 Å². The van der Waals surface area contributed by atoms with Crippen LogP contribution in [0.25, 0.3) is 5.65 Å². The van der Waals surface area contributed by atoms with Crippen LogP contribution in [0, 0.1) is 11.8 Å². The molecule has 0 spiro atoms. The fourth-order valence-corrected chi connectivity index (χ4v) is 2.03. The molecule has 0 bridgehead atoms. The Labute approximate surface area is 128 Å². The fraction of sp³-hybridized carbons (Fsp3) is 0.111. The zero-order valence-electron chi connectivity index (χ0n) is 12.1. The van der Waals surface area contributed by atoms with Crippen molar-refractivity contribution in [3.63, 3.8) is 0 Å². The van der Waals surface area contributed by atoms with Crippen molar-refractivity contribution in [2.24, 2.45) is 0 Å². The standard InChI is InChI=1S/C18H14N2O2/c1-2-22-18(21)16-13-20-11-10-15(12-17(20)19-16)9-8-14-6-4-3-5-7-14/h3-7,10-13H,2H2,1H3. The quantitative estimate of drug-likeness (QED) is 0.538. The lowest BCUT2D eigenvalue weighted by Gasteiger charge is -1.95. The second kappa shape index (κ2) is 6.15. The molecule has 4 nitrogen and oxygen atoms in total. The van der Waals surface area contributed by atoms with Gasteiger partial charge in [0.15, 0.2) is 5.69 Å². The van der Waals surface area contributed by atoms with E-state index in [4.69, 9.17) is 4.74 Å². The number of carbonyl (C=O) groups is 1. The molecule has 0 saturated heterocycles. The number of rotatable bonds is 2. The number of carbonyl (C=O) groups excluding carboxylic acids is 1. The molecule has 0 unspecified atom stereocenters. The van der Waals surface area contributed by atoms with Gasteiger partial charge in [0.25, 0.3) is 0 Å². The first-order chi connectivity index (χ1) is 10.8. The molecule has 0 aliphatic rings. The van der Waals surface area contributed by atoms with E-state index in [-0.39, 0.29) is 0 Å². The number of fused-ring (bicyclic) bond motifs is 1. The lowest BCUT2D eigenvalue weighted by atomic mass is 10.2. The summed E-state index contributed by atoms with van der Waals surface area (Å²) in [6.45, 7) is 2.10. The van der Waals surface area contributed by atoms with Gasteiger partial charge < -0.3 is 9.14 Å². The Bertz CT molecular complexity index is 870. The van der Waals surface area contributed by atoms with E-state index in [1.807, 2.05) is 48.7 Å². The second-order valence-electron chi connectivity index (χ2n) is 4.64. The molecule has 22 heavy (non-hydrogen) atoms. The SMILES string of the molecule is CCOC(=O)c1cn2ccc(C#Cc3ccccc3)cc2n1. The van der Waals surface area contributed by atoms with Crippen LogP contribution in [0.5, 0.6) is 0 Å². The van der Waals surface area contributed by atoms with Crippen LogP contribution >= 0.6 is 0 Å². The molecule has 0 fully saturated rings. The van der Waals surface area contributed by atoms with Gasteiger partial charge >= 0.3 is 5.97 Å². The van der Waals surface area contributed by atoms with Crippen molar-refractivity contribution in [2.45, 2.75) is 6.92 Å². The lowest BCUT2D eigenvalue weighted by Crippen LogP contribution is -2.04. The van der Waals surface area contributed by atoms with Gasteiger partial charge in [-0.25, -0.2) is 9.78 Å². The third kappa shape index (κ3) is 2.99. The van der Waals surface area contributed by atoms with Crippen LogP contribution in [0.1, 0.15) is 28.5 Å². The summed E-state index contributed by atoms with van der Waals surface area (Å²) >= 11 is 0. The van der Waals surface area contributed by atoms with Crippen LogP contribution in [-0.2, 0) is 4.74 Å². The molecule has 3 rings (SSSR count). The number of aromatic nitrogens is 2. The lowest BCUT2D eigenvalue weighted by molar-refractivity contribution is 0.0520. The zero-order valence-corrected chi connectivity index (χ0v) is 12.1. The summed E-state index contributed by atoms with van der Waals surface area (Å²) in [4.78, 5) is 16.0. The number of benzene rings is 1.